The highest BCUT2D eigenvalue weighted by Crippen LogP contribution is 2.46. The Balaban J connectivity index is 1.58. The first-order valence-electron chi connectivity index (χ1n) is 10.6. The summed E-state index contributed by atoms with van der Waals surface area (Å²) in [5.74, 6) is 0.415. The molecule has 2 aliphatic heterocycles. The summed E-state index contributed by atoms with van der Waals surface area (Å²) in [6.45, 7) is 0.592. The van der Waals surface area contributed by atoms with E-state index in [4.69, 9.17) is 9.47 Å². The molecule has 0 fully saturated rings. The van der Waals surface area contributed by atoms with E-state index >= 15 is 0 Å². The molecular weight excluding hydrogens is 404 g/mol. The fourth-order valence-corrected chi connectivity index (χ4v) is 4.89. The predicted octanol–water partition coefficient (Wildman–Crippen LogP) is 4.18. The Bertz CT molecular complexity index is 1210. The zero-order valence-corrected chi connectivity index (χ0v) is 18.0. The number of fused-ring (bicyclic) bond motifs is 4. The summed E-state index contributed by atoms with van der Waals surface area (Å²) in [6.07, 6.45) is 0.782. The van der Waals surface area contributed by atoms with E-state index in [1.807, 2.05) is 47.4 Å². The first kappa shape index (κ1) is 20.1. The monoisotopic (exact) mass is 428 g/mol. The Morgan fingerprint density at radius 3 is 2.44 bits per heavy atom. The van der Waals surface area contributed by atoms with E-state index in [9.17, 15) is 9.59 Å². The Hall–Kier alpha value is -3.80. The van der Waals surface area contributed by atoms with Crippen molar-refractivity contribution in [2.45, 2.75) is 18.4 Å². The highest BCUT2D eigenvalue weighted by molar-refractivity contribution is 6.04. The Labute approximate surface area is 186 Å². The van der Waals surface area contributed by atoms with E-state index in [-0.39, 0.29) is 17.9 Å². The largest absolute Gasteiger partial charge is 0.493 e. The summed E-state index contributed by atoms with van der Waals surface area (Å²) in [7, 11) is 3.13. The van der Waals surface area contributed by atoms with Crippen LogP contribution >= 0.6 is 0 Å². The molecule has 5 rings (SSSR count). The van der Waals surface area contributed by atoms with Crippen LogP contribution in [0.3, 0.4) is 0 Å². The summed E-state index contributed by atoms with van der Waals surface area (Å²) in [6, 6.07) is 20.5. The lowest BCUT2D eigenvalue weighted by atomic mass is 9.76. The van der Waals surface area contributed by atoms with Gasteiger partial charge in [0.25, 0.3) is 5.91 Å². The van der Waals surface area contributed by atoms with Crippen molar-refractivity contribution < 1.29 is 19.1 Å². The fourth-order valence-electron chi connectivity index (χ4n) is 4.89. The van der Waals surface area contributed by atoms with Gasteiger partial charge in [-0.3, -0.25) is 9.59 Å². The first-order valence-corrected chi connectivity index (χ1v) is 10.6. The van der Waals surface area contributed by atoms with Gasteiger partial charge in [0.1, 0.15) is 0 Å². The van der Waals surface area contributed by atoms with Crippen molar-refractivity contribution in [2.24, 2.45) is 0 Å². The molecule has 0 aromatic heterocycles. The van der Waals surface area contributed by atoms with E-state index in [0.29, 0.717) is 29.3 Å². The number of carbonyl (C=O) groups excluding carboxylic acids is 2. The molecule has 6 nitrogen and oxygen atoms in total. The molecule has 0 bridgehead atoms. The van der Waals surface area contributed by atoms with E-state index < -0.39 is 5.92 Å². The molecule has 162 valence electrons. The first-order chi connectivity index (χ1) is 15.6. The average Bonchev–Trinajstić information content (AvgIpc) is 2.84. The molecule has 2 amide bonds. The van der Waals surface area contributed by atoms with Gasteiger partial charge in [0.2, 0.25) is 5.91 Å². The molecule has 0 spiro atoms. The maximum absolute atomic E-state index is 13.7. The summed E-state index contributed by atoms with van der Waals surface area (Å²) in [4.78, 5) is 28.9. The van der Waals surface area contributed by atoms with Gasteiger partial charge in [0.15, 0.2) is 11.5 Å². The van der Waals surface area contributed by atoms with Crippen molar-refractivity contribution >= 4 is 17.5 Å². The van der Waals surface area contributed by atoms with Gasteiger partial charge in [0, 0.05) is 23.9 Å². The number of nitrogens with zero attached hydrogens (tertiary/aromatic N) is 1. The number of carbonyl (C=O) groups is 2. The van der Waals surface area contributed by atoms with Crippen molar-refractivity contribution in [1.82, 2.24) is 4.90 Å². The second-order valence-corrected chi connectivity index (χ2v) is 8.02. The minimum absolute atomic E-state index is 0.0183. The molecule has 2 atom stereocenters. The Morgan fingerprint density at radius 1 is 0.938 bits per heavy atom. The van der Waals surface area contributed by atoms with Gasteiger partial charge >= 0.3 is 0 Å². The third-order valence-electron chi connectivity index (χ3n) is 6.37. The van der Waals surface area contributed by atoms with Crippen molar-refractivity contribution in [2.75, 3.05) is 26.1 Å². The highest BCUT2D eigenvalue weighted by Gasteiger charge is 2.46. The lowest BCUT2D eigenvalue weighted by Crippen LogP contribution is -2.49. The maximum Gasteiger partial charge on any atom is 0.254 e. The van der Waals surface area contributed by atoms with Crippen LogP contribution in [0.1, 0.15) is 39.0 Å². The second-order valence-electron chi connectivity index (χ2n) is 8.02. The summed E-state index contributed by atoms with van der Waals surface area (Å²) < 4.78 is 10.7. The van der Waals surface area contributed by atoms with Crippen LogP contribution in [0.2, 0.25) is 0 Å². The number of benzene rings is 3. The smallest absolute Gasteiger partial charge is 0.254 e. The van der Waals surface area contributed by atoms with Crippen LogP contribution in [0.5, 0.6) is 11.5 Å². The summed E-state index contributed by atoms with van der Waals surface area (Å²) in [5, 5.41) is 3.04. The number of methoxy groups -OCH3 is 2. The number of hydrogen-bond donors (Lipinski definition) is 1. The van der Waals surface area contributed by atoms with Gasteiger partial charge in [-0.25, -0.2) is 0 Å². The molecule has 2 heterocycles. The zero-order valence-electron chi connectivity index (χ0n) is 18.0. The lowest BCUT2D eigenvalue weighted by Gasteiger charge is -2.45. The topological polar surface area (TPSA) is 67.9 Å². The third-order valence-corrected chi connectivity index (χ3v) is 6.37. The number of amides is 2. The van der Waals surface area contributed by atoms with Crippen LogP contribution < -0.4 is 14.8 Å². The molecule has 6 heteroatoms. The summed E-state index contributed by atoms with van der Waals surface area (Å²) >= 11 is 0. The van der Waals surface area contributed by atoms with Gasteiger partial charge in [-0.1, -0.05) is 42.5 Å². The number of nitrogens with one attached hydrogen (secondary N) is 1. The van der Waals surface area contributed by atoms with Crippen molar-refractivity contribution in [3.05, 3.63) is 89.0 Å². The van der Waals surface area contributed by atoms with Crippen molar-refractivity contribution in [3.8, 4) is 11.5 Å². The van der Waals surface area contributed by atoms with Crippen LogP contribution in [-0.4, -0.2) is 37.5 Å². The summed E-state index contributed by atoms with van der Waals surface area (Å²) in [5.41, 5.74) is 4.18. The van der Waals surface area contributed by atoms with E-state index in [1.165, 1.54) is 5.56 Å². The SMILES string of the molecule is COc1ccc(NC(=O)[C@H]2c3ccccc3C(=O)N3CCc4ccccc4[C@H]23)cc1OC. The van der Waals surface area contributed by atoms with Crippen molar-refractivity contribution in [3.63, 3.8) is 0 Å². The average molecular weight is 428 g/mol. The Kier molecular flexibility index (Phi) is 5.05. The second kappa shape index (κ2) is 8.04. The Morgan fingerprint density at radius 2 is 1.66 bits per heavy atom. The quantitative estimate of drug-likeness (QED) is 0.677. The fraction of sp³-hybridized carbons (Fsp3) is 0.231. The van der Waals surface area contributed by atoms with E-state index in [0.717, 1.165) is 17.5 Å². The van der Waals surface area contributed by atoms with E-state index in [2.05, 4.69) is 11.4 Å². The standard InChI is InChI=1S/C26H24N2O4/c1-31-21-12-11-17(15-22(21)32-2)27-25(29)23-19-9-5-6-10-20(19)26(30)28-14-13-16-7-3-4-8-18(16)24(23)28/h3-12,15,23-24H,13-14H2,1-2H3,(H,27,29)/t23-,24+/m0/s1. The molecule has 0 unspecified atom stereocenters. The van der Waals surface area contributed by atoms with Crippen LogP contribution in [0.4, 0.5) is 5.69 Å². The molecule has 32 heavy (non-hydrogen) atoms. The minimum Gasteiger partial charge on any atom is -0.493 e. The molecule has 0 aliphatic carbocycles. The highest BCUT2D eigenvalue weighted by atomic mass is 16.5. The molecule has 2 aliphatic rings. The number of anilines is 1. The molecule has 3 aromatic rings. The molecular formula is C26H24N2O4. The van der Waals surface area contributed by atoms with Gasteiger partial charge in [-0.2, -0.15) is 0 Å². The molecule has 0 radical (unpaired) electrons. The third kappa shape index (κ3) is 3.19. The number of ether oxygens (including phenoxy) is 2. The van der Waals surface area contributed by atoms with Crippen LogP contribution in [0.15, 0.2) is 66.7 Å². The van der Waals surface area contributed by atoms with Crippen LogP contribution in [-0.2, 0) is 11.2 Å². The van der Waals surface area contributed by atoms with Gasteiger partial charge in [-0.15, -0.1) is 0 Å². The molecule has 3 aromatic carbocycles. The normalized spacial score (nSPS) is 18.8. The maximum atomic E-state index is 13.7. The van der Waals surface area contributed by atoms with Crippen molar-refractivity contribution in [1.29, 1.82) is 0 Å². The van der Waals surface area contributed by atoms with E-state index in [1.54, 1.807) is 32.4 Å². The van der Waals surface area contributed by atoms with Gasteiger partial charge in [0.05, 0.1) is 26.2 Å². The lowest BCUT2D eigenvalue weighted by molar-refractivity contribution is -0.119. The molecule has 1 N–H and O–H groups in total. The zero-order chi connectivity index (χ0) is 22.2. The minimum atomic E-state index is -0.529. The number of hydrogen-bond acceptors (Lipinski definition) is 4. The van der Waals surface area contributed by atoms with Crippen LogP contribution in [0, 0.1) is 0 Å². The molecule has 0 saturated carbocycles. The number of rotatable bonds is 4. The predicted molar refractivity (Wildman–Crippen MR) is 121 cm³/mol. The van der Waals surface area contributed by atoms with Gasteiger partial charge < -0.3 is 19.7 Å². The van der Waals surface area contributed by atoms with Crippen LogP contribution in [0.25, 0.3) is 0 Å². The van der Waals surface area contributed by atoms with Gasteiger partial charge in [-0.05, 0) is 41.3 Å². The molecule has 0 saturated heterocycles.